The summed E-state index contributed by atoms with van der Waals surface area (Å²) in [5.74, 6) is 2.13. The van der Waals surface area contributed by atoms with Crippen LogP contribution in [0.25, 0.3) is 0 Å². The van der Waals surface area contributed by atoms with E-state index in [0.717, 1.165) is 44.1 Å². The van der Waals surface area contributed by atoms with E-state index in [-0.39, 0.29) is 5.82 Å². The lowest BCUT2D eigenvalue weighted by atomic mass is 9.66. The number of fused-ring (bicyclic) bond motifs is 1. The van der Waals surface area contributed by atoms with Crippen LogP contribution in [0.1, 0.15) is 50.0 Å². The number of benzene rings is 1. The fourth-order valence-electron chi connectivity index (χ4n) is 3.93. The van der Waals surface area contributed by atoms with Crippen molar-refractivity contribution in [2.75, 3.05) is 7.11 Å². The van der Waals surface area contributed by atoms with E-state index >= 15 is 0 Å². The number of Topliss-reactive ketones (excluding diaryl/α,β-unsaturated/α-hetero) is 1. The van der Waals surface area contributed by atoms with Crippen LogP contribution in [-0.4, -0.2) is 12.9 Å². The Labute approximate surface area is 119 Å². The third-order valence-corrected chi connectivity index (χ3v) is 5.07. The topological polar surface area (TPSA) is 26.3 Å². The van der Waals surface area contributed by atoms with Gasteiger partial charge in [0.2, 0.25) is 0 Å². The molecule has 0 N–H and O–H groups in total. The number of carbonyl (C=O) groups is 1. The molecule has 3 unspecified atom stereocenters. The van der Waals surface area contributed by atoms with Gasteiger partial charge in [0.15, 0.2) is 11.6 Å². The highest BCUT2D eigenvalue weighted by Gasteiger charge is 2.35. The van der Waals surface area contributed by atoms with E-state index in [0.29, 0.717) is 29.3 Å². The average molecular weight is 276 g/mol. The molecule has 20 heavy (non-hydrogen) atoms. The molecule has 3 heteroatoms. The normalized spacial score (nSPS) is 29.9. The molecule has 2 aliphatic carbocycles. The lowest BCUT2D eigenvalue weighted by Crippen LogP contribution is -2.30. The fourth-order valence-corrected chi connectivity index (χ4v) is 3.93. The molecule has 108 valence electrons. The van der Waals surface area contributed by atoms with Gasteiger partial charge in [0.1, 0.15) is 5.78 Å². The molecule has 1 aromatic carbocycles. The summed E-state index contributed by atoms with van der Waals surface area (Å²) in [7, 11) is 1.49. The van der Waals surface area contributed by atoms with Gasteiger partial charge in [0.25, 0.3) is 0 Å². The van der Waals surface area contributed by atoms with Gasteiger partial charge in [-0.2, -0.15) is 0 Å². The summed E-state index contributed by atoms with van der Waals surface area (Å²) in [6.07, 6.45) is 5.82. The van der Waals surface area contributed by atoms with Crippen molar-refractivity contribution >= 4 is 5.78 Å². The second-order valence-electron chi connectivity index (χ2n) is 6.21. The zero-order valence-corrected chi connectivity index (χ0v) is 11.9. The zero-order valence-electron chi connectivity index (χ0n) is 11.9. The summed E-state index contributed by atoms with van der Waals surface area (Å²) >= 11 is 0. The first-order chi connectivity index (χ1) is 9.67. The standard InChI is InChI=1S/C17H21FO2/c1-20-17-7-5-14(10-16(17)18)11-2-3-13-9-15(19)6-4-12(13)8-11/h5,7,10-13H,2-4,6,8-9H2,1H3. The molecule has 2 aliphatic rings. The lowest BCUT2D eigenvalue weighted by Gasteiger charge is -2.39. The first-order valence-electron chi connectivity index (χ1n) is 7.52. The summed E-state index contributed by atoms with van der Waals surface area (Å²) in [4.78, 5) is 11.5. The maximum Gasteiger partial charge on any atom is 0.165 e. The molecular formula is C17H21FO2. The summed E-state index contributed by atoms with van der Waals surface area (Å²) in [6.45, 7) is 0. The van der Waals surface area contributed by atoms with Crippen LogP contribution in [0.4, 0.5) is 4.39 Å². The van der Waals surface area contributed by atoms with Crippen LogP contribution in [0.15, 0.2) is 18.2 Å². The molecule has 2 nitrogen and oxygen atoms in total. The quantitative estimate of drug-likeness (QED) is 0.813. The Kier molecular flexibility index (Phi) is 3.77. The summed E-state index contributed by atoms with van der Waals surface area (Å²) in [5, 5.41) is 0. The third-order valence-electron chi connectivity index (χ3n) is 5.07. The second-order valence-corrected chi connectivity index (χ2v) is 6.21. The maximum atomic E-state index is 13.8. The summed E-state index contributed by atoms with van der Waals surface area (Å²) in [6, 6.07) is 5.33. The fraction of sp³-hybridized carbons (Fsp3) is 0.588. The first-order valence-corrected chi connectivity index (χ1v) is 7.52. The highest BCUT2D eigenvalue weighted by molar-refractivity contribution is 5.79. The van der Waals surface area contributed by atoms with Gasteiger partial charge in [-0.3, -0.25) is 4.79 Å². The molecule has 1 aromatic rings. The minimum absolute atomic E-state index is 0.272. The van der Waals surface area contributed by atoms with Crippen molar-refractivity contribution in [3.05, 3.63) is 29.6 Å². The molecule has 0 heterocycles. The van der Waals surface area contributed by atoms with Gasteiger partial charge in [-0.25, -0.2) is 4.39 Å². The molecule has 0 amide bonds. The molecule has 0 aromatic heterocycles. The largest absolute Gasteiger partial charge is 0.494 e. The predicted molar refractivity (Wildman–Crippen MR) is 75.4 cm³/mol. The molecule has 2 fully saturated rings. The number of ketones is 1. The Bertz CT molecular complexity index is 512. The summed E-state index contributed by atoms with van der Waals surface area (Å²) in [5.41, 5.74) is 1.08. The SMILES string of the molecule is COc1ccc(C2CCC3CC(=O)CCC3C2)cc1F. The van der Waals surface area contributed by atoms with Crippen molar-refractivity contribution < 1.29 is 13.9 Å². The number of halogens is 1. The minimum atomic E-state index is -0.272. The molecule has 2 saturated carbocycles. The average Bonchev–Trinajstić information content (AvgIpc) is 2.46. The van der Waals surface area contributed by atoms with E-state index in [1.165, 1.54) is 7.11 Å². The molecule has 0 bridgehead atoms. The van der Waals surface area contributed by atoms with Crippen LogP contribution in [0, 0.1) is 17.7 Å². The van der Waals surface area contributed by atoms with Crippen molar-refractivity contribution in [1.82, 2.24) is 0 Å². The van der Waals surface area contributed by atoms with E-state index in [2.05, 4.69) is 0 Å². The maximum absolute atomic E-state index is 13.8. The number of hydrogen-bond acceptors (Lipinski definition) is 2. The Morgan fingerprint density at radius 2 is 2.05 bits per heavy atom. The van der Waals surface area contributed by atoms with E-state index in [1.54, 1.807) is 12.1 Å². The van der Waals surface area contributed by atoms with Gasteiger partial charge in [-0.1, -0.05) is 6.07 Å². The Balaban J connectivity index is 1.73. The van der Waals surface area contributed by atoms with Gasteiger partial charge in [-0.15, -0.1) is 0 Å². The van der Waals surface area contributed by atoms with Crippen LogP contribution in [0.2, 0.25) is 0 Å². The second kappa shape index (κ2) is 5.55. The first kappa shape index (κ1) is 13.6. The van der Waals surface area contributed by atoms with E-state index in [1.807, 2.05) is 6.07 Å². The number of carbonyl (C=O) groups excluding carboxylic acids is 1. The van der Waals surface area contributed by atoms with Crippen molar-refractivity contribution in [1.29, 1.82) is 0 Å². The smallest absolute Gasteiger partial charge is 0.165 e. The molecular weight excluding hydrogens is 255 g/mol. The highest BCUT2D eigenvalue weighted by Crippen LogP contribution is 2.45. The number of ether oxygens (including phenoxy) is 1. The van der Waals surface area contributed by atoms with Crippen molar-refractivity contribution in [3.8, 4) is 5.75 Å². The van der Waals surface area contributed by atoms with Gasteiger partial charge in [0.05, 0.1) is 7.11 Å². The van der Waals surface area contributed by atoms with Gasteiger partial charge >= 0.3 is 0 Å². The molecule has 0 aliphatic heterocycles. The molecule has 0 spiro atoms. The molecule has 3 atom stereocenters. The van der Waals surface area contributed by atoms with Gasteiger partial charge < -0.3 is 4.74 Å². The molecule has 0 radical (unpaired) electrons. The van der Waals surface area contributed by atoms with Crippen molar-refractivity contribution in [2.45, 2.75) is 44.4 Å². The lowest BCUT2D eigenvalue weighted by molar-refractivity contribution is -0.123. The third kappa shape index (κ3) is 2.58. The van der Waals surface area contributed by atoms with Crippen LogP contribution >= 0.6 is 0 Å². The van der Waals surface area contributed by atoms with E-state index < -0.39 is 0 Å². The predicted octanol–water partition coefficient (Wildman–Crippen LogP) is 4.09. The van der Waals surface area contributed by atoms with Gasteiger partial charge in [0, 0.05) is 12.8 Å². The number of methoxy groups -OCH3 is 1. The number of rotatable bonds is 2. The Hall–Kier alpha value is -1.38. The highest BCUT2D eigenvalue weighted by atomic mass is 19.1. The van der Waals surface area contributed by atoms with E-state index in [4.69, 9.17) is 4.74 Å². The summed E-state index contributed by atoms with van der Waals surface area (Å²) < 4.78 is 18.8. The monoisotopic (exact) mass is 276 g/mol. The van der Waals surface area contributed by atoms with Crippen LogP contribution in [-0.2, 0) is 4.79 Å². The molecule has 0 saturated heterocycles. The van der Waals surface area contributed by atoms with Crippen LogP contribution in [0.5, 0.6) is 5.75 Å². The van der Waals surface area contributed by atoms with Crippen molar-refractivity contribution in [3.63, 3.8) is 0 Å². The van der Waals surface area contributed by atoms with Crippen molar-refractivity contribution in [2.24, 2.45) is 11.8 Å². The Morgan fingerprint density at radius 1 is 1.20 bits per heavy atom. The zero-order chi connectivity index (χ0) is 14.1. The number of hydrogen-bond donors (Lipinski definition) is 0. The van der Waals surface area contributed by atoms with E-state index in [9.17, 15) is 9.18 Å². The van der Waals surface area contributed by atoms with Gasteiger partial charge in [-0.05, 0) is 61.1 Å². The minimum Gasteiger partial charge on any atom is -0.494 e. The van der Waals surface area contributed by atoms with Crippen LogP contribution in [0.3, 0.4) is 0 Å². The van der Waals surface area contributed by atoms with Crippen LogP contribution < -0.4 is 4.74 Å². The molecule has 3 rings (SSSR count). The Morgan fingerprint density at radius 3 is 2.80 bits per heavy atom.